The zero-order chi connectivity index (χ0) is 48.4. The number of nitrogens with zero attached hydrogens (tertiary/aromatic N) is 2. The summed E-state index contributed by atoms with van der Waals surface area (Å²) < 4.78 is 21.6. The van der Waals surface area contributed by atoms with Gasteiger partial charge < -0.3 is 23.1 Å². The van der Waals surface area contributed by atoms with Crippen molar-refractivity contribution in [2.75, 3.05) is 9.80 Å². The van der Waals surface area contributed by atoms with Crippen molar-refractivity contribution >= 4 is 153 Å². The van der Waals surface area contributed by atoms with Crippen LogP contribution in [-0.2, 0) is 0 Å². The molecular weight excluding hydrogens is 909 g/mol. The summed E-state index contributed by atoms with van der Waals surface area (Å²) in [5.41, 5.74) is 11.0. The van der Waals surface area contributed by atoms with Gasteiger partial charge in [0.1, 0.15) is 27.9 Å². The van der Waals surface area contributed by atoms with E-state index in [-0.39, 0.29) is 0 Å². The molecule has 0 aliphatic carbocycles. The summed E-state index contributed by atoms with van der Waals surface area (Å²) in [6.07, 6.45) is 0. The van der Waals surface area contributed by atoms with Crippen LogP contribution >= 0.6 is 0 Å². The summed E-state index contributed by atoms with van der Waals surface area (Å²) in [6, 6.07) is 58.3. The number of benzene rings is 8. The van der Waals surface area contributed by atoms with E-state index in [2.05, 4.69) is 246 Å². The van der Waals surface area contributed by atoms with E-state index in [1.165, 1.54) is 20.7 Å². The molecule has 0 radical (unpaired) electrons. The highest BCUT2D eigenvalue weighted by Gasteiger charge is 2.31. The summed E-state index contributed by atoms with van der Waals surface area (Å²) >= 11 is 0. The number of para-hydroxylation sites is 2. The van der Waals surface area contributed by atoms with Crippen molar-refractivity contribution in [2.24, 2.45) is 0 Å². The average molecular weight is 972 g/mol. The van der Waals surface area contributed by atoms with E-state index in [9.17, 15) is 0 Å². The van der Waals surface area contributed by atoms with Crippen LogP contribution in [0.1, 0.15) is 0 Å². The van der Waals surface area contributed by atoms with E-state index in [0.717, 1.165) is 99.9 Å². The molecule has 0 bridgehead atoms. The molecule has 0 amide bonds. The Morgan fingerprint density at radius 1 is 0.290 bits per heavy atom. The number of rotatable bonds is 10. The molecule has 8 aromatic carbocycles. The van der Waals surface area contributed by atoms with E-state index >= 15 is 0 Å². The molecule has 0 fully saturated rings. The first-order valence-corrected chi connectivity index (χ1v) is 38.4. The van der Waals surface area contributed by atoms with Gasteiger partial charge in [-0.05, 0) is 60.7 Å². The molecule has 5 nitrogen and oxygen atoms in total. The van der Waals surface area contributed by atoms with Gasteiger partial charge in [-0.3, -0.25) is 0 Å². The predicted molar refractivity (Wildman–Crippen MR) is 310 cm³/mol. The zero-order valence-electron chi connectivity index (χ0n) is 42.1. The van der Waals surface area contributed by atoms with Crippen LogP contribution < -0.4 is 30.5 Å². The molecule has 346 valence electrons. The smallest absolute Gasteiger partial charge is 0.160 e. The van der Waals surface area contributed by atoms with Gasteiger partial charge in [-0.1, -0.05) is 184 Å². The molecule has 0 saturated heterocycles. The number of fused-ring (bicyclic) bond motifs is 11. The minimum Gasteiger partial charge on any atom is -0.456 e. The maximum atomic E-state index is 7.33. The first-order chi connectivity index (χ1) is 32.7. The topological polar surface area (TPSA) is 45.9 Å². The van der Waals surface area contributed by atoms with Crippen molar-refractivity contribution in [2.45, 2.75) is 78.6 Å². The molecule has 0 aliphatic heterocycles. The van der Waals surface area contributed by atoms with Gasteiger partial charge in [-0.2, -0.15) is 0 Å². The molecule has 0 atom stereocenters. The Labute approximate surface area is 410 Å². The van der Waals surface area contributed by atoms with Gasteiger partial charge >= 0.3 is 0 Å². The molecular formula is C60H62N2O3Si4. The quantitative estimate of drug-likeness (QED) is 0.128. The second-order valence-corrected chi connectivity index (χ2v) is 43.4. The number of hydrogen-bond donors (Lipinski definition) is 0. The maximum Gasteiger partial charge on any atom is 0.160 e. The normalized spacial score (nSPS) is 12.9. The molecule has 0 N–H and O–H groups in total. The van der Waals surface area contributed by atoms with Crippen molar-refractivity contribution in [3.8, 4) is 0 Å². The molecule has 11 rings (SSSR count). The molecule has 0 spiro atoms. The van der Waals surface area contributed by atoms with E-state index in [0.29, 0.717) is 0 Å². The summed E-state index contributed by atoms with van der Waals surface area (Å²) in [6.45, 7) is 28.9. The predicted octanol–water partition coefficient (Wildman–Crippen LogP) is 16.5. The highest BCUT2D eigenvalue weighted by molar-refractivity contribution is 6.90. The summed E-state index contributed by atoms with van der Waals surface area (Å²) in [5, 5.41) is 11.7. The SMILES string of the molecule is C[Si](C)(C)c1ccc(N(c2ccc([Si](C)(C)C)cc2)c2cc3oc4cc(N(c5ccc([Si](C)(C)C)cc5)c5ccc([Si](C)(C)C)cc5)c5c6ccccc6oc5c4c3c3c2oc2ccccc23)cc1. The second-order valence-electron chi connectivity index (χ2n) is 23.1. The Morgan fingerprint density at radius 3 is 1.03 bits per heavy atom. The standard InChI is InChI=1S/C60H62N2O3Si4/c1-66(2,3)43-29-21-39(22-30-43)61(40-23-31-44(32-24-40)67(4,5)6)49-37-54-58(60-55(49)47-17-13-15-19-51(47)65-60)57-53(63-54)38-50(59-56(57)48-18-14-16-20-52(48)64-59)62(41-25-33-45(34-26-41)68(7,8)9)42-27-35-46(36-28-42)69(10,11)12/h13-38H,1-12H3. The largest absolute Gasteiger partial charge is 0.456 e. The van der Waals surface area contributed by atoms with Gasteiger partial charge in [-0.15, -0.1) is 0 Å². The number of hydrogen-bond acceptors (Lipinski definition) is 5. The van der Waals surface area contributed by atoms with Crippen LogP contribution in [0.15, 0.2) is 171 Å². The number of anilines is 6. The summed E-state index contributed by atoms with van der Waals surface area (Å²) in [7, 11) is -6.27. The Hall–Kier alpha value is -6.37. The van der Waals surface area contributed by atoms with Crippen LogP contribution in [0.5, 0.6) is 0 Å². The van der Waals surface area contributed by atoms with E-state index in [1.54, 1.807) is 0 Å². The van der Waals surface area contributed by atoms with Crippen LogP contribution in [0, 0.1) is 0 Å². The second kappa shape index (κ2) is 16.1. The average Bonchev–Trinajstić information content (AvgIpc) is 4.00. The lowest BCUT2D eigenvalue weighted by atomic mass is 10.0. The molecule has 69 heavy (non-hydrogen) atoms. The van der Waals surface area contributed by atoms with Gasteiger partial charge in [0.15, 0.2) is 5.58 Å². The molecule has 0 unspecified atom stereocenters. The van der Waals surface area contributed by atoms with Crippen molar-refractivity contribution in [1.82, 2.24) is 0 Å². The highest BCUT2D eigenvalue weighted by atomic mass is 28.3. The Bertz CT molecular complexity index is 3630. The number of furan rings is 3. The van der Waals surface area contributed by atoms with Crippen molar-refractivity contribution in [3.05, 3.63) is 158 Å². The first kappa shape index (κ1) is 45.1. The molecule has 0 saturated carbocycles. The minimum atomic E-state index is -1.57. The summed E-state index contributed by atoms with van der Waals surface area (Å²) in [5.74, 6) is 0. The molecule has 0 aliphatic rings. The van der Waals surface area contributed by atoms with Crippen LogP contribution in [0.25, 0.3) is 65.8 Å². The lowest BCUT2D eigenvalue weighted by molar-refractivity contribution is 0.660. The first-order valence-electron chi connectivity index (χ1n) is 24.4. The third-order valence-electron chi connectivity index (χ3n) is 14.1. The van der Waals surface area contributed by atoms with Gasteiger partial charge in [0.05, 0.1) is 54.4 Å². The van der Waals surface area contributed by atoms with Crippen molar-refractivity contribution < 1.29 is 13.3 Å². The molecule has 3 aromatic heterocycles. The third kappa shape index (κ3) is 7.80. The van der Waals surface area contributed by atoms with Crippen LogP contribution in [0.3, 0.4) is 0 Å². The van der Waals surface area contributed by atoms with E-state index in [1.807, 2.05) is 0 Å². The fourth-order valence-electron chi connectivity index (χ4n) is 10.1. The molecule has 11 aromatic rings. The lowest BCUT2D eigenvalue weighted by Gasteiger charge is -2.28. The Kier molecular flexibility index (Phi) is 10.5. The van der Waals surface area contributed by atoms with Gasteiger partial charge in [0.25, 0.3) is 0 Å². The van der Waals surface area contributed by atoms with Crippen LogP contribution in [-0.4, -0.2) is 32.3 Å². The molecule has 3 heterocycles. The van der Waals surface area contributed by atoms with Gasteiger partial charge in [-0.25, -0.2) is 0 Å². The van der Waals surface area contributed by atoms with E-state index < -0.39 is 32.3 Å². The van der Waals surface area contributed by atoms with Crippen molar-refractivity contribution in [3.63, 3.8) is 0 Å². The monoisotopic (exact) mass is 970 g/mol. The Morgan fingerprint density at radius 2 is 0.623 bits per heavy atom. The van der Waals surface area contributed by atoms with Crippen molar-refractivity contribution in [1.29, 1.82) is 0 Å². The fraction of sp³-hybridized carbons (Fsp3) is 0.200. The highest BCUT2D eigenvalue weighted by Crippen LogP contribution is 2.52. The van der Waals surface area contributed by atoms with Crippen LogP contribution in [0.2, 0.25) is 78.6 Å². The minimum absolute atomic E-state index is 0.753. The van der Waals surface area contributed by atoms with Crippen LogP contribution in [0.4, 0.5) is 34.1 Å². The third-order valence-corrected chi connectivity index (χ3v) is 22.4. The lowest BCUT2D eigenvalue weighted by Crippen LogP contribution is -2.37. The maximum absolute atomic E-state index is 7.33. The Balaban J connectivity index is 1.24. The van der Waals surface area contributed by atoms with Gasteiger partial charge in [0.2, 0.25) is 0 Å². The fourth-order valence-corrected chi connectivity index (χ4v) is 14.8. The molecule has 9 heteroatoms. The van der Waals surface area contributed by atoms with Gasteiger partial charge in [0, 0.05) is 56.4 Å². The summed E-state index contributed by atoms with van der Waals surface area (Å²) in [4.78, 5) is 4.76. The van der Waals surface area contributed by atoms with E-state index in [4.69, 9.17) is 13.3 Å². The zero-order valence-corrected chi connectivity index (χ0v) is 46.1.